The molecule has 17 heavy (non-hydrogen) atoms. The zero-order chi connectivity index (χ0) is 12.7. The van der Waals surface area contributed by atoms with Crippen molar-refractivity contribution in [1.82, 2.24) is 4.98 Å². The molecule has 1 heterocycles. The van der Waals surface area contributed by atoms with Gasteiger partial charge in [0.2, 0.25) is 0 Å². The molecule has 0 fully saturated rings. The van der Waals surface area contributed by atoms with Crippen molar-refractivity contribution in [1.29, 1.82) is 0 Å². The highest BCUT2D eigenvalue weighted by molar-refractivity contribution is 9.11. The second kappa shape index (κ2) is 7.25. The number of hydrogen-bond acceptors (Lipinski definition) is 3. The Balaban J connectivity index is 0.000000181. The molecular formula is C13H15BrN2S. The van der Waals surface area contributed by atoms with Crippen molar-refractivity contribution >= 4 is 39.0 Å². The first kappa shape index (κ1) is 13.9. The summed E-state index contributed by atoms with van der Waals surface area (Å²) in [6, 6.07) is 7.79. The molecule has 1 aromatic carbocycles. The first-order chi connectivity index (χ1) is 8.11. The standard InChI is InChI=1S/C9H11N.C4H4BrNS/c1-2-3-8-4-6-9(10)7-5-8;1-3-2-6-4(5)7-3/h2-7H,10H2,1H3;2H,1H3/b3-2+;. The number of thiazole rings is 1. The summed E-state index contributed by atoms with van der Waals surface area (Å²) in [7, 11) is 0. The number of anilines is 1. The summed E-state index contributed by atoms with van der Waals surface area (Å²) in [5.41, 5.74) is 7.50. The number of nitrogens with two attached hydrogens (primary N) is 1. The van der Waals surface area contributed by atoms with Crippen LogP contribution >= 0.6 is 27.3 Å². The first-order valence-corrected chi connectivity index (χ1v) is 6.79. The summed E-state index contributed by atoms with van der Waals surface area (Å²) in [4.78, 5) is 5.19. The van der Waals surface area contributed by atoms with E-state index in [9.17, 15) is 0 Å². The number of allylic oxidation sites excluding steroid dienone is 1. The van der Waals surface area contributed by atoms with Gasteiger partial charge in [-0.15, -0.1) is 11.3 Å². The molecule has 90 valence electrons. The van der Waals surface area contributed by atoms with Crippen molar-refractivity contribution in [3.63, 3.8) is 0 Å². The molecule has 2 N–H and O–H groups in total. The van der Waals surface area contributed by atoms with Gasteiger partial charge in [-0.1, -0.05) is 24.3 Å². The molecule has 0 spiro atoms. The van der Waals surface area contributed by atoms with Crippen LogP contribution in [0.3, 0.4) is 0 Å². The first-order valence-electron chi connectivity index (χ1n) is 5.18. The van der Waals surface area contributed by atoms with Gasteiger partial charge < -0.3 is 5.73 Å². The smallest absolute Gasteiger partial charge is 0.159 e. The van der Waals surface area contributed by atoms with Gasteiger partial charge in [0.25, 0.3) is 0 Å². The van der Waals surface area contributed by atoms with Crippen LogP contribution < -0.4 is 5.73 Å². The van der Waals surface area contributed by atoms with Crippen LogP contribution in [0.1, 0.15) is 17.4 Å². The van der Waals surface area contributed by atoms with Gasteiger partial charge in [0, 0.05) is 16.8 Å². The fourth-order valence-corrected chi connectivity index (χ4v) is 2.47. The van der Waals surface area contributed by atoms with E-state index in [2.05, 4.69) is 20.9 Å². The van der Waals surface area contributed by atoms with Crippen LogP contribution in [0.25, 0.3) is 6.08 Å². The Morgan fingerprint density at radius 2 is 1.94 bits per heavy atom. The van der Waals surface area contributed by atoms with E-state index in [1.807, 2.05) is 56.5 Å². The number of hydrogen-bond donors (Lipinski definition) is 1. The van der Waals surface area contributed by atoms with Gasteiger partial charge in [-0.3, -0.25) is 0 Å². The zero-order valence-corrected chi connectivity index (χ0v) is 12.3. The lowest BCUT2D eigenvalue weighted by atomic mass is 10.2. The molecule has 2 nitrogen and oxygen atoms in total. The minimum absolute atomic E-state index is 0.813. The van der Waals surface area contributed by atoms with Crippen molar-refractivity contribution in [3.05, 3.63) is 50.9 Å². The monoisotopic (exact) mass is 310 g/mol. The third-order valence-electron chi connectivity index (χ3n) is 1.89. The number of benzene rings is 1. The molecule has 0 saturated heterocycles. The van der Waals surface area contributed by atoms with Crippen molar-refractivity contribution in [2.24, 2.45) is 0 Å². The minimum atomic E-state index is 0.813. The highest BCUT2D eigenvalue weighted by Crippen LogP contribution is 2.16. The fraction of sp³-hybridized carbons (Fsp3) is 0.154. The molecule has 0 aliphatic rings. The molecule has 2 rings (SSSR count). The van der Waals surface area contributed by atoms with Gasteiger partial charge in [-0.05, 0) is 47.5 Å². The lowest BCUT2D eigenvalue weighted by molar-refractivity contribution is 1.35. The van der Waals surface area contributed by atoms with Crippen LogP contribution in [0.2, 0.25) is 0 Å². The summed E-state index contributed by atoms with van der Waals surface area (Å²) in [6.07, 6.45) is 5.89. The highest BCUT2D eigenvalue weighted by atomic mass is 79.9. The molecule has 0 radical (unpaired) electrons. The quantitative estimate of drug-likeness (QED) is 0.787. The normalized spacial score (nSPS) is 10.1. The van der Waals surface area contributed by atoms with E-state index >= 15 is 0 Å². The van der Waals surface area contributed by atoms with Crippen LogP contribution in [-0.4, -0.2) is 4.98 Å². The SMILES string of the molecule is C/C=C/c1ccc(N)cc1.Cc1cnc(Br)s1. The van der Waals surface area contributed by atoms with Crippen LogP contribution in [-0.2, 0) is 0 Å². The van der Waals surface area contributed by atoms with Crippen LogP contribution in [0.15, 0.2) is 40.5 Å². The highest BCUT2D eigenvalue weighted by Gasteiger charge is 1.88. The Morgan fingerprint density at radius 1 is 1.29 bits per heavy atom. The summed E-state index contributed by atoms with van der Waals surface area (Å²) in [5.74, 6) is 0. The van der Waals surface area contributed by atoms with Crippen molar-refractivity contribution in [3.8, 4) is 0 Å². The number of aryl methyl sites for hydroxylation is 1. The van der Waals surface area contributed by atoms with Gasteiger partial charge >= 0.3 is 0 Å². The average molecular weight is 311 g/mol. The third kappa shape index (κ3) is 5.65. The molecule has 0 aliphatic carbocycles. The molecule has 0 amide bonds. The van der Waals surface area contributed by atoms with Crippen LogP contribution in [0.4, 0.5) is 5.69 Å². The molecular weight excluding hydrogens is 296 g/mol. The Bertz CT molecular complexity index is 458. The lowest BCUT2D eigenvalue weighted by Crippen LogP contribution is -1.82. The maximum atomic E-state index is 5.50. The van der Waals surface area contributed by atoms with E-state index < -0.39 is 0 Å². The lowest BCUT2D eigenvalue weighted by Gasteiger charge is -1.92. The maximum absolute atomic E-state index is 5.50. The zero-order valence-electron chi connectivity index (χ0n) is 9.85. The van der Waals surface area contributed by atoms with Crippen molar-refractivity contribution in [2.45, 2.75) is 13.8 Å². The van der Waals surface area contributed by atoms with Crippen molar-refractivity contribution in [2.75, 3.05) is 5.73 Å². The Labute approximate surface area is 114 Å². The van der Waals surface area contributed by atoms with Crippen LogP contribution in [0.5, 0.6) is 0 Å². The second-order valence-corrected chi connectivity index (χ2v) is 5.90. The number of halogens is 1. The summed E-state index contributed by atoms with van der Waals surface area (Å²) in [5, 5.41) is 0. The van der Waals surface area contributed by atoms with Crippen LogP contribution in [0, 0.1) is 6.92 Å². The minimum Gasteiger partial charge on any atom is -0.399 e. The van der Waals surface area contributed by atoms with E-state index in [0.717, 1.165) is 9.60 Å². The number of nitrogen functional groups attached to an aromatic ring is 1. The van der Waals surface area contributed by atoms with E-state index in [1.54, 1.807) is 11.3 Å². The summed E-state index contributed by atoms with van der Waals surface area (Å²) in [6.45, 7) is 4.03. The third-order valence-corrected chi connectivity index (χ3v) is 3.28. The predicted molar refractivity (Wildman–Crippen MR) is 80.1 cm³/mol. The molecule has 0 unspecified atom stereocenters. The van der Waals surface area contributed by atoms with Gasteiger partial charge in [0.15, 0.2) is 3.92 Å². The number of rotatable bonds is 1. The van der Waals surface area contributed by atoms with E-state index in [1.165, 1.54) is 10.4 Å². The van der Waals surface area contributed by atoms with Crippen molar-refractivity contribution < 1.29 is 0 Å². The Hall–Kier alpha value is -1.13. The molecule has 0 aliphatic heterocycles. The molecule has 2 aromatic rings. The largest absolute Gasteiger partial charge is 0.399 e. The summed E-state index contributed by atoms with van der Waals surface area (Å²) < 4.78 is 0.963. The van der Waals surface area contributed by atoms with Gasteiger partial charge in [-0.25, -0.2) is 4.98 Å². The second-order valence-electron chi connectivity index (χ2n) is 3.39. The van der Waals surface area contributed by atoms with E-state index in [-0.39, 0.29) is 0 Å². The molecule has 0 saturated carbocycles. The molecule has 0 atom stereocenters. The Kier molecular flexibility index (Phi) is 5.94. The van der Waals surface area contributed by atoms with Gasteiger partial charge in [-0.2, -0.15) is 0 Å². The maximum Gasteiger partial charge on any atom is 0.159 e. The molecule has 0 bridgehead atoms. The fourth-order valence-electron chi connectivity index (χ4n) is 1.13. The Morgan fingerprint density at radius 3 is 2.29 bits per heavy atom. The topological polar surface area (TPSA) is 38.9 Å². The van der Waals surface area contributed by atoms with Gasteiger partial charge in [0.1, 0.15) is 0 Å². The average Bonchev–Trinajstić information content (AvgIpc) is 2.67. The van der Waals surface area contributed by atoms with Gasteiger partial charge in [0.05, 0.1) is 0 Å². The molecule has 1 aromatic heterocycles. The number of nitrogens with zero attached hydrogens (tertiary/aromatic N) is 1. The summed E-state index contributed by atoms with van der Waals surface area (Å²) >= 11 is 4.89. The predicted octanol–water partition coefficient (Wildman–Crippen LogP) is 4.52. The van der Waals surface area contributed by atoms with E-state index in [0.29, 0.717) is 0 Å². The molecule has 4 heteroatoms. The van der Waals surface area contributed by atoms with E-state index in [4.69, 9.17) is 5.73 Å². The number of aromatic nitrogens is 1.